The monoisotopic (exact) mass is 308 g/mol. The molecular formula is C17H25ClN2O. The van der Waals surface area contributed by atoms with Gasteiger partial charge in [-0.2, -0.15) is 0 Å². The highest BCUT2D eigenvalue weighted by Crippen LogP contribution is 2.25. The number of carbonyl (C=O) groups excluding carboxylic acids is 1. The van der Waals surface area contributed by atoms with Gasteiger partial charge in [0.15, 0.2) is 0 Å². The smallest absolute Gasteiger partial charge is 0.245 e. The van der Waals surface area contributed by atoms with E-state index in [1.807, 2.05) is 42.3 Å². The number of nitrogens with zero attached hydrogens (tertiary/aromatic N) is 2. The molecule has 0 aliphatic carbocycles. The second kappa shape index (κ2) is 7.81. The van der Waals surface area contributed by atoms with Crippen LogP contribution in [-0.2, 0) is 4.79 Å². The zero-order chi connectivity index (χ0) is 15.2. The summed E-state index contributed by atoms with van der Waals surface area (Å²) in [7, 11) is 1.89. The number of likely N-dealkylation sites (N-methyl/N-ethyl adjacent to an activating group) is 1. The molecule has 21 heavy (non-hydrogen) atoms. The van der Waals surface area contributed by atoms with Crippen molar-refractivity contribution in [2.75, 3.05) is 26.7 Å². The van der Waals surface area contributed by atoms with Crippen LogP contribution in [0.5, 0.6) is 0 Å². The number of halogens is 1. The van der Waals surface area contributed by atoms with Crippen LogP contribution in [-0.4, -0.2) is 48.4 Å². The van der Waals surface area contributed by atoms with Crippen LogP contribution in [0.15, 0.2) is 30.3 Å². The van der Waals surface area contributed by atoms with E-state index in [9.17, 15) is 4.79 Å². The molecule has 0 aromatic heterocycles. The molecule has 1 amide bonds. The molecule has 1 heterocycles. The molecule has 1 aromatic rings. The number of benzene rings is 1. The maximum Gasteiger partial charge on any atom is 0.245 e. The number of alkyl halides is 1. The van der Waals surface area contributed by atoms with Crippen LogP contribution in [0.25, 0.3) is 0 Å². The van der Waals surface area contributed by atoms with Gasteiger partial charge in [0, 0.05) is 26.2 Å². The van der Waals surface area contributed by atoms with Gasteiger partial charge in [0.2, 0.25) is 5.91 Å². The van der Waals surface area contributed by atoms with Crippen molar-refractivity contribution in [1.82, 2.24) is 9.80 Å². The highest BCUT2D eigenvalue weighted by Gasteiger charge is 2.29. The van der Waals surface area contributed by atoms with Gasteiger partial charge in [0.1, 0.15) is 5.38 Å². The lowest BCUT2D eigenvalue weighted by molar-refractivity contribution is -0.132. The molecular weight excluding hydrogens is 284 g/mol. The molecule has 4 heteroatoms. The summed E-state index contributed by atoms with van der Waals surface area (Å²) in [5, 5.41) is -0.579. The van der Waals surface area contributed by atoms with E-state index in [2.05, 4.69) is 11.8 Å². The van der Waals surface area contributed by atoms with Gasteiger partial charge in [-0.3, -0.25) is 4.79 Å². The Hall–Kier alpha value is -1.06. The van der Waals surface area contributed by atoms with Crippen molar-refractivity contribution in [2.24, 2.45) is 0 Å². The molecule has 0 spiro atoms. The van der Waals surface area contributed by atoms with Crippen molar-refractivity contribution in [3.63, 3.8) is 0 Å². The average Bonchev–Trinajstić information content (AvgIpc) is 2.54. The Morgan fingerprint density at radius 3 is 2.52 bits per heavy atom. The van der Waals surface area contributed by atoms with E-state index in [1.54, 1.807) is 0 Å². The van der Waals surface area contributed by atoms with Crippen molar-refractivity contribution in [1.29, 1.82) is 0 Å². The fourth-order valence-corrected chi connectivity index (χ4v) is 3.27. The Kier molecular flexibility index (Phi) is 6.07. The third kappa shape index (κ3) is 4.21. The number of rotatable bonds is 5. The molecule has 0 radical (unpaired) electrons. The molecule has 1 aromatic carbocycles. The maximum absolute atomic E-state index is 12.5. The lowest BCUT2D eigenvalue weighted by Crippen LogP contribution is -2.46. The Balaban J connectivity index is 1.91. The third-order valence-electron chi connectivity index (χ3n) is 4.30. The molecule has 1 unspecified atom stereocenters. The van der Waals surface area contributed by atoms with Gasteiger partial charge in [-0.1, -0.05) is 37.3 Å². The van der Waals surface area contributed by atoms with Crippen LogP contribution in [0.3, 0.4) is 0 Å². The second-order valence-corrected chi connectivity index (χ2v) is 6.23. The fraction of sp³-hybridized carbons (Fsp3) is 0.588. The number of likely N-dealkylation sites (tertiary alicyclic amines) is 1. The lowest BCUT2D eigenvalue weighted by Gasteiger charge is -2.37. The van der Waals surface area contributed by atoms with Crippen LogP contribution in [0.4, 0.5) is 0 Å². The zero-order valence-corrected chi connectivity index (χ0v) is 13.7. The summed E-state index contributed by atoms with van der Waals surface area (Å²) in [5.41, 5.74) is 0.874. The molecule has 2 rings (SSSR count). The van der Waals surface area contributed by atoms with E-state index < -0.39 is 5.38 Å². The normalized spacial score (nSPS) is 18.4. The molecule has 1 atom stereocenters. The first kappa shape index (κ1) is 16.3. The lowest BCUT2D eigenvalue weighted by atomic mass is 10.0. The summed E-state index contributed by atoms with van der Waals surface area (Å²) in [6, 6.07) is 9.91. The summed E-state index contributed by atoms with van der Waals surface area (Å²) in [5.74, 6) is 0.0109. The van der Waals surface area contributed by atoms with E-state index in [1.165, 1.54) is 6.42 Å². The molecule has 1 saturated heterocycles. The molecule has 0 bridgehead atoms. The predicted octanol–water partition coefficient (Wildman–Crippen LogP) is 3.30. The third-order valence-corrected chi connectivity index (χ3v) is 4.74. The number of piperidine rings is 1. The molecule has 116 valence electrons. The van der Waals surface area contributed by atoms with Gasteiger partial charge in [0.05, 0.1) is 0 Å². The molecule has 1 fully saturated rings. The summed E-state index contributed by atoms with van der Waals surface area (Å²) in [6.07, 6.45) is 3.28. The van der Waals surface area contributed by atoms with Crippen molar-refractivity contribution in [3.8, 4) is 0 Å². The maximum atomic E-state index is 12.5. The first-order chi connectivity index (χ1) is 10.1. The topological polar surface area (TPSA) is 23.6 Å². The van der Waals surface area contributed by atoms with Crippen molar-refractivity contribution in [2.45, 2.75) is 37.6 Å². The quantitative estimate of drug-likeness (QED) is 0.779. The summed E-state index contributed by atoms with van der Waals surface area (Å²) in [4.78, 5) is 16.9. The van der Waals surface area contributed by atoms with Crippen LogP contribution in [0.2, 0.25) is 0 Å². The largest absolute Gasteiger partial charge is 0.341 e. The number of amides is 1. The first-order valence-electron chi connectivity index (χ1n) is 7.81. The number of carbonyl (C=O) groups is 1. The predicted molar refractivity (Wildman–Crippen MR) is 87.6 cm³/mol. The van der Waals surface area contributed by atoms with E-state index in [0.717, 1.165) is 38.0 Å². The minimum Gasteiger partial charge on any atom is -0.341 e. The Morgan fingerprint density at radius 2 is 1.95 bits per heavy atom. The Bertz CT molecular complexity index is 443. The molecule has 1 aliphatic heterocycles. The van der Waals surface area contributed by atoms with Gasteiger partial charge in [-0.25, -0.2) is 0 Å². The minimum atomic E-state index is -0.579. The van der Waals surface area contributed by atoms with Crippen LogP contribution in [0.1, 0.15) is 37.1 Å². The minimum absolute atomic E-state index is 0.0109. The molecule has 0 N–H and O–H groups in total. The molecule has 0 saturated carbocycles. The summed E-state index contributed by atoms with van der Waals surface area (Å²) >= 11 is 6.35. The first-order valence-corrected chi connectivity index (χ1v) is 8.25. The Morgan fingerprint density at radius 1 is 1.33 bits per heavy atom. The van der Waals surface area contributed by atoms with Gasteiger partial charge in [-0.05, 0) is 31.4 Å². The number of hydrogen-bond donors (Lipinski definition) is 0. The Labute approximate surface area is 132 Å². The fourth-order valence-electron chi connectivity index (χ4n) is 2.97. The van der Waals surface area contributed by atoms with Gasteiger partial charge >= 0.3 is 0 Å². The van der Waals surface area contributed by atoms with Crippen LogP contribution < -0.4 is 0 Å². The van der Waals surface area contributed by atoms with E-state index in [-0.39, 0.29) is 5.91 Å². The SMILES string of the molecule is CCCN1CCC(N(C)C(=O)C(Cl)c2ccccc2)CC1. The van der Waals surface area contributed by atoms with Crippen LogP contribution >= 0.6 is 11.6 Å². The average molecular weight is 309 g/mol. The van der Waals surface area contributed by atoms with Crippen LogP contribution in [0, 0.1) is 0 Å². The van der Waals surface area contributed by atoms with E-state index >= 15 is 0 Å². The summed E-state index contributed by atoms with van der Waals surface area (Å²) < 4.78 is 0. The molecule has 1 aliphatic rings. The van der Waals surface area contributed by atoms with Crippen molar-refractivity contribution in [3.05, 3.63) is 35.9 Å². The van der Waals surface area contributed by atoms with Gasteiger partial charge < -0.3 is 9.80 Å². The van der Waals surface area contributed by atoms with Crippen molar-refractivity contribution < 1.29 is 4.79 Å². The van der Waals surface area contributed by atoms with Gasteiger partial charge in [0.25, 0.3) is 0 Å². The van der Waals surface area contributed by atoms with Crippen molar-refractivity contribution >= 4 is 17.5 Å². The standard InChI is InChI=1S/C17H25ClN2O/c1-3-11-20-12-9-15(10-13-20)19(2)17(21)16(18)14-7-5-4-6-8-14/h4-8,15-16H,3,9-13H2,1-2H3. The number of hydrogen-bond acceptors (Lipinski definition) is 2. The second-order valence-electron chi connectivity index (χ2n) is 5.80. The zero-order valence-electron chi connectivity index (χ0n) is 13.0. The van der Waals surface area contributed by atoms with E-state index in [4.69, 9.17) is 11.6 Å². The van der Waals surface area contributed by atoms with Gasteiger partial charge in [-0.15, -0.1) is 11.6 Å². The highest BCUT2D eigenvalue weighted by atomic mass is 35.5. The summed E-state index contributed by atoms with van der Waals surface area (Å²) in [6.45, 7) is 5.52. The van der Waals surface area contributed by atoms with E-state index in [0.29, 0.717) is 6.04 Å². The molecule has 3 nitrogen and oxygen atoms in total. The highest BCUT2D eigenvalue weighted by molar-refractivity contribution is 6.30.